The smallest absolute Gasteiger partial charge is 0.329 e. The third kappa shape index (κ3) is 4.12. The van der Waals surface area contributed by atoms with Gasteiger partial charge in [0, 0.05) is 12.2 Å². The van der Waals surface area contributed by atoms with Crippen LogP contribution in [0.5, 0.6) is 0 Å². The van der Waals surface area contributed by atoms with Crippen LogP contribution in [0, 0.1) is 0 Å². The van der Waals surface area contributed by atoms with Crippen molar-refractivity contribution in [2.24, 2.45) is 0 Å². The SMILES string of the molecule is CCCn1c(=O)[nH]c(=O)c2c(C(=O)N[C@]3(C)CCS(=O)(=O)C3)cc(C(C)C)nc21. The van der Waals surface area contributed by atoms with E-state index in [1.54, 1.807) is 13.0 Å². The van der Waals surface area contributed by atoms with Crippen molar-refractivity contribution < 1.29 is 13.2 Å². The van der Waals surface area contributed by atoms with Crippen LogP contribution in [0.25, 0.3) is 11.0 Å². The number of fused-ring (bicyclic) bond motifs is 1. The normalized spacial score (nSPS) is 21.0. The number of carbonyl (C=O) groups is 1. The first-order valence-corrected chi connectivity index (χ1v) is 11.5. The van der Waals surface area contributed by atoms with E-state index < -0.39 is 32.5 Å². The number of hydrogen-bond acceptors (Lipinski definition) is 6. The van der Waals surface area contributed by atoms with Gasteiger partial charge in [0.05, 0.1) is 28.0 Å². The van der Waals surface area contributed by atoms with E-state index in [1.807, 2.05) is 20.8 Å². The molecule has 0 radical (unpaired) electrons. The number of aromatic nitrogens is 3. The number of pyridine rings is 1. The van der Waals surface area contributed by atoms with Crippen LogP contribution in [-0.2, 0) is 16.4 Å². The highest BCUT2D eigenvalue weighted by atomic mass is 32.2. The van der Waals surface area contributed by atoms with Crippen LogP contribution in [0.3, 0.4) is 0 Å². The first-order chi connectivity index (χ1) is 13.5. The lowest BCUT2D eigenvalue weighted by molar-refractivity contribution is 0.0916. The molecule has 9 nitrogen and oxygen atoms in total. The summed E-state index contributed by atoms with van der Waals surface area (Å²) in [6.07, 6.45) is 0.949. The fraction of sp³-hybridized carbons (Fsp3) is 0.579. The molecule has 0 aliphatic carbocycles. The van der Waals surface area contributed by atoms with Gasteiger partial charge in [-0.2, -0.15) is 0 Å². The van der Waals surface area contributed by atoms with Crippen molar-refractivity contribution in [2.45, 2.75) is 58.5 Å². The van der Waals surface area contributed by atoms with Crippen LogP contribution in [0.1, 0.15) is 62.5 Å². The predicted molar refractivity (Wildman–Crippen MR) is 110 cm³/mol. The summed E-state index contributed by atoms with van der Waals surface area (Å²) in [5, 5.41) is 2.82. The van der Waals surface area contributed by atoms with E-state index in [2.05, 4.69) is 15.3 Å². The summed E-state index contributed by atoms with van der Waals surface area (Å²) in [6.45, 7) is 7.72. The zero-order valence-corrected chi connectivity index (χ0v) is 17.9. The highest BCUT2D eigenvalue weighted by molar-refractivity contribution is 7.91. The predicted octanol–water partition coefficient (Wildman–Crippen LogP) is 0.925. The molecule has 2 aromatic heterocycles. The Morgan fingerprint density at radius 3 is 2.62 bits per heavy atom. The fourth-order valence-corrected chi connectivity index (χ4v) is 5.74. The van der Waals surface area contributed by atoms with Crippen LogP contribution in [-0.4, -0.2) is 45.9 Å². The van der Waals surface area contributed by atoms with Gasteiger partial charge in [0.1, 0.15) is 0 Å². The van der Waals surface area contributed by atoms with Crippen molar-refractivity contribution in [1.29, 1.82) is 0 Å². The maximum Gasteiger partial charge on any atom is 0.329 e. The van der Waals surface area contributed by atoms with Gasteiger partial charge in [-0.3, -0.25) is 19.1 Å². The van der Waals surface area contributed by atoms with Crippen molar-refractivity contribution in [3.63, 3.8) is 0 Å². The van der Waals surface area contributed by atoms with Crippen molar-refractivity contribution >= 4 is 26.8 Å². The van der Waals surface area contributed by atoms with E-state index in [4.69, 9.17) is 0 Å². The molecule has 0 unspecified atom stereocenters. The molecule has 29 heavy (non-hydrogen) atoms. The molecule has 1 aliphatic rings. The Bertz CT molecular complexity index is 1200. The average molecular weight is 423 g/mol. The summed E-state index contributed by atoms with van der Waals surface area (Å²) in [6, 6.07) is 1.55. The van der Waals surface area contributed by atoms with Gasteiger partial charge < -0.3 is 5.32 Å². The number of rotatable bonds is 5. The number of nitrogens with zero attached hydrogens (tertiary/aromatic N) is 2. The van der Waals surface area contributed by atoms with E-state index in [0.717, 1.165) is 0 Å². The maximum absolute atomic E-state index is 13.1. The molecule has 0 saturated carbocycles. The minimum atomic E-state index is -3.21. The standard InChI is InChI=1S/C19H26N4O5S/c1-5-7-23-15-14(17(25)21-18(23)26)12(9-13(20-15)11(2)3)16(24)22-19(4)6-8-29(27,28)10-19/h9,11H,5-8,10H2,1-4H3,(H,22,24)(H,21,25,26)/t19-/m1/s1. The molecule has 2 aromatic rings. The molecule has 1 aliphatic heterocycles. The van der Waals surface area contributed by atoms with Crippen LogP contribution in [0.15, 0.2) is 15.7 Å². The average Bonchev–Trinajstić information content (AvgIpc) is 2.90. The molecule has 3 rings (SSSR count). The first-order valence-electron chi connectivity index (χ1n) is 9.67. The molecule has 0 aromatic carbocycles. The summed E-state index contributed by atoms with van der Waals surface area (Å²) in [5.41, 5.74) is -1.33. The van der Waals surface area contributed by atoms with Crippen molar-refractivity contribution in [3.05, 3.63) is 38.2 Å². The van der Waals surface area contributed by atoms with Crippen LogP contribution >= 0.6 is 0 Å². The minimum absolute atomic E-state index is 0.00867. The molecule has 1 saturated heterocycles. The Balaban J connectivity index is 2.21. The Morgan fingerprint density at radius 2 is 2.07 bits per heavy atom. The second kappa shape index (κ2) is 7.40. The monoisotopic (exact) mass is 422 g/mol. The summed E-state index contributed by atoms with van der Waals surface area (Å²) >= 11 is 0. The van der Waals surface area contributed by atoms with E-state index in [1.165, 1.54) is 4.57 Å². The van der Waals surface area contributed by atoms with Gasteiger partial charge in [-0.1, -0.05) is 20.8 Å². The quantitative estimate of drug-likeness (QED) is 0.737. The Kier molecular flexibility index (Phi) is 5.42. The van der Waals surface area contributed by atoms with Crippen molar-refractivity contribution in [3.8, 4) is 0 Å². The molecule has 10 heteroatoms. The molecular weight excluding hydrogens is 396 g/mol. The second-order valence-corrected chi connectivity index (χ2v) is 10.4. The number of amides is 1. The molecule has 1 amide bonds. The van der Waals surface area contributed by atoms with Gasteiger partial charge >= 0.3 is 5.69 Å². The van der Waals surface area contributed by atoms with Crippen molar-refractivity contribution in [1.82, 2.24) is 19.9 Å². The second-order valence-electron chi connectivity index (χ2n) is 8.22. The number of aromatic amines is 1. The maximum atomic E-state index is 13.1. The number of nitrogens with one attached hydrogen (secondary N) is 2. The first kappa shape index (κ1) is 21.2. The highest BCUT2D eigenvalue weighted by Gasteiger charge is 2.40. The largest absolute Gasteiger partial charge is 0.346 e. The Morgan fingerprint density at radius 1 is 1.38 bits per heavy atom. The third-order valence-electron chi connectivity index (χ3n) is 5.17. The molecule has 2 N–H and O–H groups in total. The molecule has 0 spiro atoms. The lowest BCUT2D eigenvalue weighted by Gasteiger charge is -2.24. The lowest BCUT2D eigenvalue weighted by atomic mass is 9.99. The molecule has 3 heterocycles. The van der Waals surface area contributed by atoms with E-state index >= 15 is 0 Å². The van der Waals surface area contributed by atoms with Gasteiger partial charge in [-0.15, -0.1) is 0 Å². The van der Waals surface area contributed by atoms with E-state index in [9.17, 15) is 22.8 Å². The summed E-state index contributed by atoms with van der Waals surface area (Å²) in [7, 11) is -3.21. The lowest BCUT2D eigenvalue weighted by Crippen LogP contribution is -2.47. The summed E-state index contributed by atoms with van der Waals surface area (Å²) in [5.74, 6) is -0.735. The summed E-state index contributed by atoms with van der Waals surface area (Å²) in [4.78, 5) is 44.8. The Hall–Kier alpha value is -2.49. The van der Waals surface area contributed by atoms with Crippen LogP contribution < -0.4 is 16.6 Å². The van der Waals surface area contributed by atoms with Crippen molar-refractivity contribution in [2.75, 3.05) is 11.5 Å². The third-order valence-corrected chi connectivity index (χ3v) is 7.07. The molecule has 1 atom stereocenters. The van der Waals surface area contributed by atoms with Gasteiger partial charge in [0.25, 0.3) is 11.5 Å². The molecule has 1 fully saturated rings. The number of H-pyrrole nitrogens is 1. The number of aryl methyl sites for hydroxylation is 1. The summed E-state index contributed by atoms with van der Waals surface area (Å²) < 4.78 is 25.1. The molecule has 158 valence electrons. The van der Waals surface area contributed by atoms with Gasteiger partial charge in [-0.25, -0.2) is 18.2 Å². The van der Waals surface area contributed by atoms with Gasteiger partial charge in [-0.05, 0) is 31.7 Å². The van der Waals surface area contributed by atoms with Gasteiger partial charge in [0.2, 0.25) is 0 Å². The number of carbonyl (C=O) groups excluding carboxylic acids is 1. The van der Waals surface area contributed by atoms with E-state index in [0.29, 0.717) is 25.1 Å². The van der Waals surface area contributed by atoms with Crippen LogP contribution in [0.2, 0.25) is 0 Å². The van der Waals surface area contributed by atoms with Crippen LogP contribution in [0.4, 0.5) is 0 Å². The van der Waals surface area contributed by atoms with E-state index in [-0.39, 0.29) is 34.0 Å². The Labute approximate surface area is 168 Å². The number of hydrogen-bond donors (Lipinski definition) is 2. The topological polar surface area (TPSA) is 131 Å². The molecule has 0 bridgehead atoms. The number of sulfone groups is 1. The zero-order chi connectivity index (χ0) is 21.6. The fourth-order valence-electron chi connectivity index (χ4n) is 3.65. The van der Waals surface area contributed by atoms with Gasteiger partial charge in [0.15, 0.2) is 15.5 Å². The highest BCUT2D eigenvalue weighted by Crippen LogP contribution is 2.25. The molecular formula is C19H26N4O5S. The minimum Gasteiger partial charge on any atom is -0.346 e. The zero-order valence-electron chi connectivity index (χ0n) is 17.0.